The fourth-order valence-electron chi connectivity index (χ4n) is 2.50. The van der Waals surface area contributed by atoms with E-state index in [1.54, 1.807) is 17.5 Å². The molecule has 0 aromatic carbocycles. The Labute approximate surface area is 111 Å². The van der Waals surface area contributed by atoms with Crippen LogP contribution in [0.2, 0.25) is 0 Å². The molecule has 94 valence electrons. The fraction of sp³-hybridized carbons (Fsp3) is 0.429. The monoisotopic (exact) mass is 260 g/mol. The number of pyridine rings is 1. The maximum absolute atomic E-state index is 10.2. The number of hydrogen-bond donors (Lipinski definition) is 1. The van der Waals surface area contributed by atoms with Gasteiger partial charge in [-0.25, -0.2) is 4.98 Å². The molecule has 0 saturated carbocycles. The summed E-state index contributed by atoms with van der Waals surface area (Å²) < 4.78 is 0. The molecule has 1 aliphatic carbocycles. The first-order valence-electron chi connectivity index (χ1n) is 6.13. The third-order valence-corrected chi connectivity index (χ3v) is 4.58. The first-order valence-corrected chi connectivity index (χ1v) is 6.95. The van der Waals surface area contributed by atoms with E-state index in [0.29, 0.717) is 0 Å². The molecule has 0 fully saturated rings. The van der Waals surface area contributed by atoms with E-state index in [4.69, 9.17) is 0 Å². The summed E-state index contributed by atoms with van der Waals surface area (Å²) in [5.41, 5.74) is 2.22. The molecule has 2 aromatic heterocycles. The molecule has 0 aliphatic heterocycles. The minimum Gasteiger partial charge on any atom is -0.387 e. The highest BCUT2D eigenvalue weighted by Gasteiger charge is 2.34. The van der Waals surface area contributed by atoms with Crippen LogP contribution in [0.3, 0.4) is 0 Å². The zero-order valence-electron chi connectivity index (χ0n) is 10.6. The van der Waals surface area contributed by atoms with E-state index in [9.17, 15) is 5.11 Å². The minimum absolute atomic E-state index is 0.132. The van der Waals surface area contributed by atoms with Crippen LogP contribution < -0.4 is 0 Å². The van der Waals surface area contributed by atoms with Crippen molar-refractivity contribution >= 4 is 11.3 Å². The van der Waals surface area contributed by atoms with Gasteiger partial charge in [0.25, 0.3) is 0 Å². The molecule has 0 amide bonds. The van der Waals surface area contributed by atoms with Crippen LogP contribution in [0.1, 0.15) is 36.9 Å². The zero-order chi connectivity index (χ0) is 12.8. The van der Waals surface area contributed by atoms with Crippen LogP contribution in [0.15, 0.2) is 24.5 Å². The molecule has 0 spiro atoms. The summed E-state index contributed by atoms with van der Waals surface area (Å²) >= 11 is 1.60. The molecule has 3 nitrogen and oxygen atoms in total. The Morgan fingerprint density at radius 1 is 1.44 bits per heavy atom. The smallest absolute Gasteiger partial charge is 0.125 e. The summed E-state index contributed by atoms with van der Waals surface area (Å²) in [5.74, 6) is 0. The predicted molar refractivity (Wildman–Crippen MR) is 72.4 cm³/mol. The van der Waals surface area contributed by atoms with Crippen molar-refractivity contribution in [3.63, 3.8) is 0 Å². The van der Waals surface area contributed by atoms with Crippen LogP contribution in [0.5, 0.6) is 0 Å². The topological polar surface area (TPSA) is 46.0 Å². The van der Waals surface area contributed by atoms with Crippen LogP contribution in [0, 0.1) is 5.41 Å². The lowest BCUT2D eigenvalue weighted by molar-refractivity contribution is 0.102. The molecular weight excluding hydrogens is 244 g/mol. The van der Waals surface area contributed by atoms with Gasteiger partial charge < -0.3 is 5.11 Å². The van der Waals surface area contributed by atoms with Gasteiger partial charge in [-0.1, -0.05) is 13.8 Å². The number of aromatic nitrogens is 2. The summed E-state index contributed by atoms with van der Waals surface area (Å²) in [6.45, 7) is 4.37. The van der Waals surface area contributed by atoms with Crippen LogP contribution >= 0.6 is 11.3 Å². The van der Waals surface area contributed by atoms with Crippen LogP contribution in [-0.2, 0) is 6.42 Å². The van der Waals surface area contributed by atoms with Crippen LogP contribution in [0.25, 0.3) is 10.6 Å². The third kappa shape index (κ3) is 2.06. The van der Waals surface area contributed by atoms with Crippen molar-refractivity contribution in [2.24, 2.45) is 5.41 Å². The van der Waals surface area contributed by atoms with E-state index in [0.717, 1.165) is 34.0 Å². The summed E-state index contributed by atoms with van der Waals surface area (Å²) in [5, 5.41) is 11.2. The Bertz CT molecular complexity index is 562. The van der Waals surface area contributed by atoms with Gasteiger partial charge in [-0.15, -0.1) is 11.3 Å². The van der Waals surface area contributed by atoms with Gasteiger partial charge in [0.05, 0.1) is 16.7 Å². The fourth-order valence-corrected chi connectivity index (χ4v) is 3.56. The molecule has 2 heterocycles. The van der Waals surface area contributed by atoms with Crippen molar-refractivity contribution in [2.45, 2.75) is 32.8 Å². The van der Waals surface area contributed by atoms with Crippen LogP contribution in [0.4, 0.5) is 0 Å². The van der Waals surface area contributed by atoms with E-state index in [-0.39, 0.29) is 11.5 Å². The largest absolute Gasteiger partial charge is 0.387 e. The number of aliphatic hydroxyl groups excluding tert-OH is 1. The van der Waals surface area contributed by atoms with E-state index in [2.05, 4.69) is 23.8 Å². The number of hydrogen-bond acceptors (Lipinski definition) is 4. The maximum Gasteiger partial charge on any atom is 0.125 e. The lowest BCUT2D eigenvalue weighted by Crippen LogP contribution is -2.24. The van der Waals surface area contributed by atoms with Crippen molar-refractivity contribution in [1.29, 1.82) is 0 Å². The third-order valence-electron chi connectivity index (χ3n) is 3.33. The highest BCUT2D eigenvalue weighted by molar-refractivity contribution is 7.15. The summed E-state index contributed by atoms with van der Waals surface area (Å²) in [6.07, 6.45) is 4.97. The quantitative estimate of drug-likeness (QED) is 0.856. The minimum atomic E-state index is -0.369. The number of fused-ring (bicyclic) bond motifs is 1. The lowest BCUT2D eigenvalue weighted by atomic mass is 9.77. The molecule has 4 heteroatoms. The van der Waals surface area contributed by atoms with Gasteiger partial charge in [-0.2, -0.15) is 0 Å². The normalized spacial score (nSPS) is 21.6. The molecule has 1 unspecified atom stereocenters. The zero-order valence-corrected chi connectivity index (χ0v) is 11.4. The second-order valence-electron chi connectivity index (χ2n) is 5.63. The molecule has 3 rings (SSSR count). The van der Waals surface area contributed by atoms with Crippen molar-refractivity contribution in [1.82, 2.24) is 9.97 Å². The van der Waals surface area contributed by atoms with Gasteiger partial charge in [0.15, 0.2) is 0 Å². The molecule has 0 radical (unpaired) electrons. The summed E-state index contributed by atoms with van der Waals surface area (Å²) in [6, 6.07) is 3.92. The van der Waals surface area contributed by atoms with Crippen molar-refractivity contribution in [2.75, 3.05) is 0 Å². The molecule has 0 saturated heterocycles. The Morgan fingerprint density at radius 3 is 3.00 bits per heavy atom. The molecule has 0 bridgehead atoms. The molecule has 1 N–H and O–H groups in total. The number of aliphatic hydroxyl groups is 1. The second kappa shape index (κ2) is 4.14. The van der Waals surface area contributed by atoms with E-state index < -0.39 is 0 Å². The molecular formula is C14H16N2OS. The lowest BCUT2D eigenvalue weighted by Gasteiger charge is -2.31. The molecule has 1 aliphatic rings. The predicted octanol–water partition coefficient (Wildman–Crippen LogP) is 3.21. The number of thiazole rings is 1. The Hall–Kier alpha value is -1.26. The Morgan fingerprint density at radius 2 is 2.28 bits per heavy atom. The molecule has 1 atom stereocenters. The van der Waals surface area contributed by atoms with Gasteiger partial charge in [0.1, 0.15) is 5.01 Å². The Balaban J connectivity index is 2.03. The standard InChI is InChI=1S/C14H16N2OS/c1-14(2)6-10-12(11(17)7-14)18-13(16-10)9-4-3-5-15-8-9/h3-5,8,11,17H,6-7H2,1-2H3. The molecule has 18 heavy (non-hydrogen) atoms. The number of rotatable bonds is 1. The highest BCUT2D eigenvalue weighted by Crippen LogP contribution is 2.44. The molecule has 2 aromatic rings. The average molecular weight is 260 g/mol. The highest BCUT2D eigenvalue weighted by atomic mass is 32.1. The average Bonchev–Trinajstić information content (AvgIpc) is 2.72. The van der Waals surface area contributed by atoms with Crippen molar-refractivity contribution in [3.05, 3.63) is 35.1 Å². The summed E-state index contributed by atoms with van der Waals surface area (Å²) in [4.78, 5) is 9.84. The van der Waals surface area contributed by atoms with E-state index in [1.807, 2.05) is 18.3 Å². The summed E-state index contributed by atoms with van der Waals surface area (Å²) in [7, 11) is 0. The van der Waals surface area contributed by atoms with Gasteiger partial charge in [-0.3, -0.25) is 4.98 Å². The van der Waals surface area contributed by atoms with E-state index in [1.165, 1.54) is 0 Å². The second-order valence-corrected chi connectivity index (χ2v) is 6.66. The maximum atomic E-state index is 10.2. The van der Waals surface area contributed by atoms with Crippen molar-refractivity contribution in [3.8, 4) is 10.6 Å². The Kier molecular flexibility index (Phi) is 2.72. The first kappa shape index (κ1) is 11.8. The SMILES string of the molecule is CC1(C)Cc2nc(-c3cccnc3)sc2C(O)C1. The van der Waals surface area contributed by atoms with Crippen molar-refractivity contribution < 1.29 is 5.11 Å². The van der Waals surface area contributed by atoms with Gasteiger partial charge in [-0.05, 0) is 30.4 Å². The van der Waals surface area contributed by atoms with E-state index >= 15 is 0 Å². The number of nitrogens with zero attached hydrogens (tertiary/aromatic N) is 2. The van der Waals surface area contributed by atoms with Crippen LogP contribution in [-0.4, -0.2) is 15.1 Å². The first-order chi connectivity index (χ1) is 8.55. The van der Waals surface area contributed by atoms with Gasteiger partial charge in [0.2, 0.25) is 0 Å². The van der Waals surface area contributed by atoms with Gasteiger partial charge >= 0.3 is 0 Å². The van der Waals surface area contributed by atoms with Gasteiger partial charge in [0, 0.05) is 18.0 Å².